The summed E-state index contributed by atoms with van der Waals surface area (Å²) in [5.74, 6) is 1.03. The van der Waals surface area contributed by atoms with Gasteiger partial charge in [-0.25, -0.2) is 0 Å². The highest BCUT2D eigenvalue weighted by Gasteiger charge is 2.63. The molecule has 3 aliphatic carbocycles. The molecule has 1 fully saturated rings. The van der Waals surface area contributed by atoms with E-state index in [0.717, 1.165) is 31.4 Å². The molecule has 4 aromatic carbocycles. The van der Waals surface area contributed by atoms with Crippen LogP contribution in [0.3, 0.4) is 0 Å². The van der Waals surface area contributed by atoms with Gasteiger partial charge in [-0.2, -0.15) is 0 Å². The predicted octanol–water partition coefficient (Wildman–Crippen LogP) is 34.3. The largest absolute Gasteiger partial charge is 0.141 e. The molecule has 0 saturated heterocycles. The van der Waals surface area contributed by atoms with Crippen molar-refractivity contribution in [3.05, 3.63) is 181 Å². The number of thiophene rings is 3. The zero-order chi connectivity index (χ0) is 79.1. The molecule has 114 heavy (non-hydrogen) atoms. The third-order valence-corrected chi connectivity index (χ3v) is 34.6. The van der Waals surface area contributed by atoms with Gasteiger partial charge in [0.15, 0.2) is 0 Å². The molecule has 6 heteroatoms. The molecular formula is C108H154Br2S4. The van der Waals surface area contributed by atoms with Gasteiger partial charge in [0, 0.05) is 50.7 Å². The zero-order valence-electron chi connectivity index (χ0n) is 72.6. The van der Waals surface area contributed by atoms with E-state index in [1.165, 1.54) is 457 Å². The van der Waals surface area contributed by atoms with Crippen molar-refractivity contribution < 1.29 is 0 Å². The Morgan fingerprint density at radius 2 is 0.623 bits per heavy atom. The van der Waals surface area contributed by atoms with E-state index < -0.39 is 10.8 Å². The van der Waals surface area contributed by atoms with Crippen LogP contribution in [0.25, 0.3) is 37.2 Å². The maximum Gasteiger partial charge on any atom is 0.0688 e. The fourth-order valence-corrected chi connectivity index (χ4v) is 27.3. The molecular weight excluding hydrogens is 1590 g/mol. The Morgan fingerprint density at radius 3 is 0.939 bits per heavy atom. The first-order valence-corrected chi connectivity index (χ1v) is 53.7. The van der Waals surface area contributed by atoms with Crippen molar-refractivity contribution in [3.8, 4) is 0 Å². The highest BCUT2D eigenvalue weighted by atomic mass is 79.9. The molecule has 0 amide bonds. The second kappa shape index (κ2) is 51.5. The van der Waals surface area contributed by atoms with Gasteiger partial charge < -0.3 is 0 Å². The third kappa shape index (κ3) is 25.5. The first kappa shape index (κ1) is 91.5. The number of hydrogen-bond donors (Lipinski definition) is 0. The molecule has 11 rings (SSSR count). The number of fused-ring (bicyclic) bond motifs is 8. The SMILES string of the molecule is CCCCCCCCCCCCCCCCc1ccc(C2(c3ccc(CCCCCCCCCCCCCCCC)cc3)C3=Cc4c5c(sc4=C3C(c3ccc(CCCCCCCCCCCCCCCC)cc3)(c3ccc(CCCCCCCCCCCCCCCC)cc3)C3C=c4c(sc6c(Br)csc46)=C32)=C(Br)CS5)cc1. The van der Waals surface area contributed by atoms with Crippen molar-refractivity contribution in [2.45, 2.75) is 429 Å². The highest BCUT2D eigenvalue weighted by molar-refractivity contribution is 9.15. The van der Waals surface area contributed by atoms with Crippen molar-refractivity contribution in [1.29, 1.82) is 0 Å². The van der Waals surface area contributed by atoms with Crippen LogP contribution >= 0.6 is 77.6 Å². The molecule has 1 atom stereocenters. The Labute approximate surface area is 730 Å². The molecule has 4 heterocycles. The molecule has 0 spiro atoms. The smallest absolute Gasteiger partial charge is 0.0688 e. The lowest BCUT2D eigenvalue weighted by molar-refractivity contribution is 0.526. The molecule has 0 bridgehead atoms. The Hall–Kier alpha value is -3.23. The minimum Gasteiger partial charge on any atom is -0.141 e. The maximum atomic E-state index is 4.24. The van der Waals surface area contributed by atoms with Crippen LogP contribution in [0, 0.1) is 5.92 Å². The van der Waals surface area contributed by atoms with E-state index in [9.17, 15) is 0 Å². The standard InChI is InChI=1S/C108H154Br2S4/c1-5-9-13-17-21-25-29-33-37-41-45-49-53-57-61-85-65-73-89(74-66-85)107(90-75-67-86(68-76-90)62-58-54-50-46-42-38-34-30-26-22-18-14-10-6-2)95-81-93-102(114-106-98(110)84-111-103(93)106)100(95)108(96-82-94-101(99(96)107)113-105-97(109)83-112-104(94)105,91-77-69-87(70-78-91)63-59-55-51-47-43-39-35-31-27-23-19-15-11-7-3)92-79-71-88(72-80-92)64-60-56-52-48-44-40-36-32-28-24-20-16-12-8-4/h65-83,96H,5-64,84H2,1-4H3. The molecule has 0 radical (unpaired) electrons. The van der Waals surface area contributed by atoms with Crippen molar-refractivity contribution in [3.63, 3.8) is 0 Å². The van der Waals surface area contributed by atoms with E-state index in [2.05, 4.69) is 209 Å². The average molecular weight is 1740 g/mol. The lowest BCUT2D eigenvalue weighted by Gasteiger charge is -2.55. The Kier molecular flexibility index (Phi) is 41.4. The predicted molar refractivity (Wildman–Crippen MR) is 519 cm³/mol. The van der Waals surface area contributed by atoms with Gasteiger partial charge in [-0.05, 0) is 135 Å². The molecule has 7 aromatic rings. The second-order valence-corrected chi connectivity index (χ2v) is 41.7. The number of hydrogen-bond acceptors (Lipinski definition) is 4. The number of aryl methyl sites for hydroxylation is 4. The molecule has 624 valence electrons. The number of halogens is 2. The fraction of sp³-hybridized carbons (Fsp3) is 0.630. The molecule has 4 aliphatic rings. The van der Waals surface area contributed by atoms with Crippen LogP contribution in [0.15, 0.2) is 117 Å². The van der Waals surface area contributed by atoms with E-state index in [1.807, 2.05) is 11.3 Å². The summed E-state index contributed by atoms with van der Waals surface area (Å²) in [7, 11) is 0. The van der Waals surface area contributed by atoms with E-state index in [0.29, 0.717) is 0 Å². The van der Waals surface area contributed by atoms with Crippen LogP contribution in [0.1, 0.15) is 437 Å². The van der Waals surface area contributed by atoms with Gasteiger partial charge >= 0.3 is 0 Å². The normalized spacial score (nSPS) is 15.2. The van der Waals surface area contributed by atoms with Crippen LogP contribution in [0.4, 0.5) is 0 Å². The van der Waals surface area contributed by atoms with E-state index in [1.54, 1.807) is 11.1 Å². The quantitative estimate of drug-likeness (QED) is 0.0343. The summed E-state index contributed by atoms with van der Waals surface area (Å²) in [5, 5.41) is 3.84. The van der Waals surface area contributed by atoms with Crippen LogP contribution in [0.2, 0.25) is 0 Å². The lowest BCUT2D eigenvalue weighted by atomic mass is 9.46. The number of unbranched alkanes of at least 4 members (excludes halogenated alkanes) is 52. The van der Waals surface area contributed by atoms with Gasteiger partial charge in [0.1, 0.15) is 0 Å². The van der Waals surface area contributed by atoms with E-state index in [4.69, 9.17) is 0 Å². The lowest BCUT2D eigenvalue weighted by Crippen LogP contribution is -2.52. The monoisotopic (exact) mass is 1740 g/mol. The Bertz CT molecular complexity index is 4000. The number of thioether (sulfide) groups is 1. The van der Waals surface area contributed by atoms with Crippen molar-refractivity contribution in [2.75, 3.05) is 5.75 Å². The molecule has 1 saturated carbocycles. The third-order valence-electron chi connectivity index (χ3n) is 27.1. The van der Waals surface area contributed by atoms with Crippen molar-refractivity contribution in [2.24, 2.45) is 5.92 Å². The van der Waals surface area contributed by atoms with Crippen LogP contribution in [0.5, 0.6) is 0 Å². The Balaban J connectivity index is 0.918. The number of rotatable bonds is 64. The summed E-state index contributed by atoms with van der Waals surface area (Å²) in [4.78, 5) is 1.48. The van der Waals surface area contributed by atoms with E-state index >= 15 is 0 Å². The van der Waals surface area contributed by atoms with Gasteiger partial charge in [0.25, 0.3) is 0 Å². The zero-order valence-corrected chi connectivity index (χ0v) is 79.0. The summed E-state index contributed by atoms with van der Waals surface area (Å²) in [6.45, 7) is 9.31. The fourth-order valence-electron chi connectivity index (χ4n) is 20.4. The Morgan fingerprint density at radius 1 is 0.325 bits per heavy atom. The summed E-state index contributed by atoms with van der Waals surface area (Å²) < 4.78 is 9.91. The van der Waals surface area contributed by atoms with Crippen LogP contribution in [-0.2, 0) is 36.5 Å². The van der Waals surface area contributed by atoms with Gasteiger partial charge in [0.2, 0.25) is 0 Å². The number of allylic oxidation sites excluding steroid dienone is 1. The molecule has 3 aromatic heterocycles. The van der Waals surface area contributed by atoms with Gasteiger partial charge in [-0.15, -0.1) is 45.8 Å². The van der Waals surface area contributed by atoms with Crippen LogP contribution < -0.4 is 18.8 Å². The number of benzene rings is 4. The topological polar surface area (TPSA) is 0 Å². The second-order valence-electron chi connectivity index (χ2n) is 36.0. The van der Waals surface area contributed by atoms with Crippen LogP contribution in [-0.4, -0.2) is 5.75 Å². The average Bonchev–Trinajstić information content (AvgIpc) is 1.23. The summed E-state index contributed by atoms with van der Waals surface area (Å²) in [6, 6.07) is 41.9. The first-order valence-electron chi connectivity index (χ1n) is 48.6. The minimum absolute atomic E-state index is 0.0258. The molecule has 0 nitrogen and oxygen atoms in total. The molecule has 1 unspecified atom stereocenters. The minimum atomic E-state index is -0.580. The summed E-state index contributed by atoms with van der Waals surface area (Å²) in [5.41, 5.74) is 16.7. The van der Waals surface area contributed by atoms with E-state index in [-0.39, 0.29) is 5.92 Å². The van der Waals surface area contributed by atoms with Crippen molar-refractivity contribution in [1.82, 2.24) is 0 Å². The van der Waals surface area contributed by atoms with Crippen molar-refractivity contribution >= 4 is 115 Å². The highest BCUT2D eigenvalue weighted by Crippen LogP contribution is 2.68. The van der Waals surface area contributed by atoms with Gasteiger partial charge in [-0.1, -0.05) is 481 Å². The maximum absolute atomic E-state index is 4.24. The molecule has 0 N–H and O–H groups in total. The summed E-state index contributed by atoms with van der Waals surface area (Å²) in [6.07, 6.45) is 88.3. The van der Waals surface area contributed by atoms with Gasteiger partial charge in [-0.3, -0.25) is 0 Å². The summed E-state index contributed by atoms with van der Waals surface area (Å²) >= 11 is 16.6. The first-order chi connectivity index (χ1) is 56.4. The molecule has 1 aliphatic heterocycles. The van der Waals surface area contributed by atoms with Gasteiger partial charge in [0.05, 0.1) is 24.8 Å².